The van der Waals surface area contributed by atoms with Crippen LogP contribution in [0.5, 0.6) is 0 Å². The molecule has 0 radical (unpaired) electrons. The molecule has 9 heteroatoms. The number of anilines is 1. The van der Waals surface area contributed by atoms with Crippen molar-refractivity contribution < 1.29 is 19.5 Å². The first-order valence-electron chi connectivity index (χ1n) is 8.42. The molecule has 3 N–H and O–H groups in total. The molecule has 1 aromatic carbocycles. The summed E-state index contributed by atoms with van der Waals surface area (Å²) >= 11 is 0. The number of carbonyl (C=O) groups excluding carboxylic acids is 2. The van der Waals surface area contributed by atoms with Gasteiger partial charge in [0.25, 0.3) is 5.91 Å². The molecule has 3 rings (SSSR count). The number of rotatable bonds is 6. The van der Waals surface area contributed by atoms with E-state index in [2.05, 4.69) is 20.6 Å². The van der Waals surface area contributed by atoms with Crippen molar-refractivity contribution in [1.29, 1.82) is 0 Å². The van der Waals surface area contributed by atoms with Crippen LogP contribution in [0, 0.1) is 0 Å². The molecule has 2 unspecified atom stereocenters. The van der Waals surface area contributed by atoms with Crippen LogP contribution in [0.15, 0.2) is 48.9 Å². The third kappa shape index (κ3) is 4.57. The van der Waals surface area contributed by atoms with Crippen LogP contribution in [-0.2, 0) is 9.59 Å². The largest absolute Gasteiger partial charge is 0.480 e. The highest BCUT2D eigenvalue weighted by Gasteiger charge is 2.40. The minimum absolute atomic E-state index is 0.0971. The quantitative estimate of drug-likeness (QED) is 0.672. The summed E-state index contributed by atoms with van der Waals surface area (Å²) in [7, 11) is 0. The molecule has 2 aromatic rings. The van der Waals surface area contributed by atoms with Crippen molar-refractivity contribution in [3.8, 4) is 0 Å². The Morgan fingerprint density at radius 2 is 1.96 bits per heavy atom. The number of aromatic nitrogens is 2. The molecular weight excluding hydrogens is 350 g/mol. The predicted molar refractivity (Wildman–Crippen MR) is 96.0 cm³/mol. The van der Waals surface area contributed by atoms with Crippen LogP contribution in [0.1, 0.15) is 16.8 Å². The fraction of sp³-hybridized carbons (Fsp3) is 0.278. The zero-order chi connectivity index (χ0) is 19.2. The van der Waals surface area contributed by atoms with Crippen molar-refractivity contribution in [2.24, 2.45) is 0 Å². The Hall–Kier alpha value is -3.49. The van der Waals surface area contributed by atoms with Gasteiger partial charge in [-0.05, 0) is 18.2 Å². The van der Waals surface area contributed by atoms with Crippen LogP contribution in [0.2, 0.25) is 0 Å². The van der Waals surface area contributed by atoms with E-state index in [0.29, 0.717) is 11.4 Å². The summed E-state index contributed by atoms with van der Waals surface area (Å²) < 4.78 is 0. The van der Waals surface area contributed by atoms with Gasteiger partial charge in [-0.15, -0.1) is 0 Å². The van der Waals surface area contributed by atoms with Crippen molar-refractivity contribution >= 4 is 23.6 Å². The number of carbonyl (C=O) groups is 3. The third-order valence-electron chi connectivity index (χ3n) is 4.28. The van der Waals surface area contributed by atoms with Gasteiger partial charge >= 0.3 is 5.97 Å². The van der Waals surface area contributed by atoms with Crippen LogP contribution in [0.3, 0.4) is 0 Å². The number of carboxylic acid groups (broad SMARTS) is 1. The number of hydrogen-bond donors (Lipinski definition) is 3. The first kappa shape index (κ1) is 18.3. The summed E-state index contributed by atoms with van der Waals surface area (Å²) in [5.74, 6) is -1.30. The normalized spacial score (nSPS) is 18.7. The predicted octanol–water partition coefficient (Wildman–Crippen LogP) is 0.373. The summed E-state index contributed by atoms with van der Waals surface area (Å²) in [5, 5.41) is 15.1. The molecule has 2 atom stereocenters. The van der Waals surface area contributed by atoms with Gasteiger partial charge in [0.05, 0.1) is 6.54 Å². The molecule has 140 valence electrons. The molecule has 1 aromatic heterocycles. The minimum Gasteiger partial charge on any atom is -0.480 e. The summed E-state index contributed by atoms with van der Waals surface area (Å²) in [6.07, 6.45) is 3.04. The number of benzene rings is 1. The van der Waals surface area contributed by atoms with Gasteiger partial charge in [-0.3, -0.25) is 9.59 Å². The van der Waals surface area contributed by atoms with E-state index in [1.165, 1.54) is 17.4 Å². The lowest BCUT2D eigenvalue weighted by Gasteiger charge is -2.21. The van der Waals surface area contributed by atoms with E-state index in [4.69, 9.17) is 0 Å². The first-order chi connectivity index (χ1) is 13.0. The number of carboxylic acids is 1. The minimum atomic E-state index is -1.10. The van der Waals surface area contributed by atoms with E-state index in [0.717, 1.165) is 0 Å². The molecule has 1 fully saturated rings. The summed E-state index contributed by atoms with van der Waals surface area (Å²) in [4.78, 5) is 45.3. The number of likely N-dealkylation sites (tertiary alicyclic amines) is 1. The van der Waals surface area contributed by atoms with Crippen LogP contribution >= 0.6 is 0 Å². The van der Waals surface area contributed by atoms with Crippen LogP contribution in [0.25, 0.3) is 0 Å². The molecule has 1 saturated heterocycles. The highest BCUT2D eigenvalue weighted by atomic mass is 16.4. The summed E-state index contributed by atoms with van der Waals surface area (Å²) in [6, 6.07) is 8.84. The van der Waals surface area contributed by atoms with E-state index in [-0.39, 0.29) is 31.3 Å². The fourth-order valence-corrected chi connectivity index (χ4v) is 2.97. The van der Waals surface area contributed by atoms with Gasteiger partial charge in [0, 0.05) is 30.8 Å². The third-order valence-corrected chi connectivity index (χ3v) is 4.28. The molecule has 0 spiro atoms. The fourth-order valence-electron chi connectivity index (χ4n) is 2.97. The number of nitrogens with zero attached hydrogens (tertiary/aromatic N) is 3. The van der Waals surface area contributed by atoms with Crippen molar-refractivity contribution in [2.75, 3.05) is 18.4 Å². The number of nitrogens with one attached hydrogen (secondary N) is 2. The maximum absolute atomic E-state index is 12.5. The molecule has 0 bridgehead atoms. The lowest BCUT2D eigenvalue weighted by atomic mass is 10.1. The van der Waals surface area contributed by atoms with E-state index in [1.54, 1.807) is 36.4 Å². The zero-order valence-electron chi connectivity index (χ0n) is 14.4. The maximum Gasteiger partial charge on any atom is 0.326 e. The summed E-state index contributed by atoms with van der Waals surface area (Å²) in [5.41, 5.74) is 0.486. The number of hydrogen-bond acceptors (Lipinski definition) is 6. The highest BCUT2D eigenvalue weighted by molar-refractivity contribution is 5.94. The summed E-state index contributed by atoms with van der Waals surface area (Å²) in [6.45, 7) is 0.0416. The molecule has 9 nitrogen and oxygen atoms in total. The second kappa shape index (κ2) is 8.26. The molecule has 2 amide bonds. The Kier molecular flexibility index (Phi) is 5.60. The zero-order valence-corrected chi connectivity index (χ0v) is 14.4. The Morgan fingerprint density at radius 1 is 1.19 bits per heavy atom. The van der Waals surface area contributed by atoms with Gasteiger partial charge < -0.3 is 20.6 Å². The standard InChI is InChI=1S/C18H19N5O4/c24-16(9-20-15-6-7-19-11-21-15)23-10-13(8-14(23)18(26)27)22-17(25)12-4-2-1-3-5-12/h1-7,11,13-14H,8-10H2,(H,22,25)(H,26,27)(H,19,20,21). The van der Waals surface area contributed by atoms with Crippen LogP contribution in [-0.4, -0.2) is 62.9 Å². The van der Waals surface area contributed by atoms with Gasteiger partial charge in [-0.2, -0.15) is 0 Å². The average Bonchev–Trinajstić information content (AvgIpc) is 3.12. The molecule has 0 saturated carbocycles. The second-order valence-electron chi connectivity index (χ2n) is 6.12. The molecule has 0 aliphatic carbocycles. The SMILES string of the molecule is O=C(NC1CC(C(=O)O)N(C(=O)CNc2ccncn2)C1)c1ccccc1. The number of amides is 2. The monoisotopic (exact) mass is 369 g/mol. The molecule has 27 heavy (non-hydrogen) atoms. The Morgan fingerprint density at radius 3 is 2.63 bits per heavy atom. The maximum atomic E-state index is 12.5. The van der Waals surface area contributed by atoms with Gasteiger partial charge in [0.15, 0.2) is 0 Å². The highest BCUT2D eigenvalue weighted by Crippen LogP contribution is 2.19. The van der Waals surface area contributed by atoms with Gasteiger partial charge in [0.2, 0.25) is 5.91 Å². The molecular formula is C18H19N5O4. The first-order valence-corrected chi connectivity index (χ1v) is 8.42. The van der Waals surface area contributed by atoms with E-state index < -0.39 is 18.1 Å². The van der Waals surface area contributed by atoms with E-state index in [9.17, 15) is 19.5 Å². The average molecular weight is 369 g/mol. The second-order valence-corrected chi connectivity index (χ2v) is 6.12. The molecule has 2 heterocycles. The van der Waals surface area contributed by atoms with Gasteiger partial charge in [-0.1, -0.05) is 18.2 Å². The smallest absolute Gasteiger partial charge is 0.326 e. The van der Waals surface area contributed by atoms with Crippen LogP contribution < -0.4 is 10.6 Å². The van der Waals surface area contributed by atoms with Gasteiger partial charge in [-0.25, -0.2) is 14.8 Å². The number of aliphatic carboxylic acids is 1. The van der Waals surface area contributed by atoms with E-state index in [1.807, 2.05) is 0 Å². The Labute approximate surface area is 155 Å². The molecule has 1 aliphatic rings. The van der Waals surface area contributed by atoms with Crippen molar-refractivity contribution in [3.05, 3.63) is 54.5 Å². The van der Waals surface area contributed by atoms with Gasteiger partial charge in [0.1, 0.15) is 18.2 Å². The van der Waals surface area contributed by atoms with Crippen molar-refractivity contribution in [3.63, 3.8) is 0 Å². The lowest BCUT2D eigenvalue weighted by Crippen LogP contribution is -2.44. The topological polar surface area (TPSA) is 125 Å². The van der Waals surface area contributed by atoms with Crippen molar-refractivity contribution in [2.45, 2.75) is 18.5 Å². The lowest BCUT2D eigenvalue weighted by molar-refractivity contribution is -0.147. The van der Waals surface area contributed by atoms with Crippen molar-refractivity contribution in [1.82, 2.24) is 20.2 Å². The Bertz CT molecular complexity index is 815. The molecule has 1 aliphatic heterocycles. The Balaban J connectivity index is 1.61. The van der Waals surface area contributed by atoms with Crippen LogP contribution in [0.4, 0.5) is 5.82 Å². The van der Waals surface area contributed by atoms with E-state index >= 15 is 0 Å².